The van der Waals surface area contributed by atoms with Gasteiger partial charge in [-0.15, -0.1) is 0 Å². The van der Waals surface area contributed by atoms with E-state index >= 15 is 0 Å². The van der Waals surface area contributed by atoms with E-state index < -0.39 is 29.3 Å². The predicted molar refractivity (Wildman–Crippen MR) is 98.0 cm³/mol. The van der Waals surface area contributed by atoms with Crippen molar-refractivity contribution in [1.82, 2.24) is 9.88 Å². The van der Waals surface area contributed by atoms with E-state index in [1.807, 2.05) is 0 Å². The van der Waals surface area contributed by atoms with Crippen molar-refractivity contribution in [3.8, 4) is 0 Å². The molecule has 0 saturated carbocycles. The first-order valence-corrected chi connectivity index (χ1v) is 9.19. The van der Waals surface area contributed by atoms with Gasteiger partial charge in [0.15, 0.2) is 5.78 Å². The minimum Gasteiger partial charge on any atom is -0.368 e. The fraction of sp³-hybridized carbons (Fsp3) is 0.350. The summed E-state index contributed by atoms with van der Waals surface area (Å²) >= 11 is 0. The van der Waals surface area contributed by atoms with Gasteiger partial charge < -0.3 is 9.80 Å². The summed E-state index contributed by atoms with van der Waals surface area (Å²) in [5.74, 6) is -2.11. The number of amides is 1. The molecule has 3 rings (SSSR count). The molecule has 2 heterocycles. The van der Waals surface area contributed by atoms with Gasteiger partial charge in [0.25, 0.3) is 0 Å². The molecule has 1 aliphatic heterocycles. The second-order valence-electron chi connectivity index (χ2n) is 6.85. The van der Waals surface area contributed by atoms with Crippen molar-refractivity contribution in [2.45, 2.75) is 19.0 Å². The van der Waals surface area contributed by atoms with Crippen LogP contribution in [-0.4, -0.2) is 47.8 Å². The van der Waals surface area contributed by atoms with Crippen molar-refractivity contribution < 1.29 is 31.5 Å². The van der Waals surface area contributed by atoms with Gasteiger partial charge in [-0.2, -0.15) is 13.2 Å². The highest BCUT2D eigenvalue weighted by atomic mass is 19.4. The van der Waals surface area contributed by atoms with Crippen LogP contribution in [0.2, 0.25) is 0 Å². The first-order chi connectivity index (χ1) is 14.1. The number of rotatable bonds is 5. The smallest absolute Gasteiger partial charge is 0.368 e. The second-order valence-corrected chi connectivity index (χ2v) is 6.85. The van der Waals surface area contributed by atoms with Crippen LogP contribution in [0.25, 0.3) is 0 Å². The van der Waals surface area contributed by atoms with Gasteiger partial charge in [0.1, 0.15) is 17.3 Å². The Kier molecular flexibility index (Phi) is 6.33. The summed E-state index contributed by atoms with van der Waals surface area (Å²) in [6.45, 7) is 1.41. The number of Topliss-reactive ketones (excluding diaryl/α,β-unsaturated/α-hetero) is 1. The lowest BCUT2D eigenvalue weighted by Gasteiger charge is -2.36. The number of benzene rings is 1. The first kappa shape index (κ1) is 21.7. The summed E-state index contributed by atoms with van der Waals surface area (Å²) in [5, 5.41) is 0. The minimum atomic E-state index is -4.59. The zero-order valence-corrected chi connectivity index (χ0v) is 15.8. The molecule has 0 spiro atoms. The number of carbonyl (C=O) groups excluding carboxylic acids is 2. The van der Waals surface area contributed by atoms with E-state index in [0.29, 0.717) is 31.9 Å². The van der Waals surface area contributed by atoms with Gasteiger partial charge in [-0.3, -0.25) is 14.6 Å². The van der Waals surface area contributed by atoms with Crippen LogP contribution in [0.4, 0.5) is 27.6 Å². The quantitative estimate of drug-likeness (QED) is 0.540. The van der Waals surface area contributed by atoms with Gasteiger partial charge in [-0.05, 0) is 24.3 Å². The monoisotopic (exact) mass is 427 g/mol. The topological polar surface area (TPSA) is 53.5 Å². The van der Waals surface area contributed by atoms with Crippen molar-refractivity contribution in [2.24, 2.45) is 0 Å². The molecule has 0 radical (unpaired) electrons. The van der Waals surface area contributed by atoms with Crippen LogP contribution in [-0.2, 0) is 11.0 Å². The Labute approximate surface area is 169 Å². The number of pyridine rings is 1. The number of aromatic nitrogens is 1. The maximum Gasteiger partial charge on any atom is 0.433 e. The van der Waals surface area contributed by atoms with Crippen LogP contribution in [0.1, 0.15) is 28.9 Å². The lowest BCUT2D eigenvalue weighted by Crippen LogP contribution is -2.48. The summed E-state index contributed by atoms with van der Waals surface area (Å²) < 4.78 is 64.3. The molecule has 0 atom stereocenters. The second kappa shape index (κ2) is 8.76. The zero-order chi connectivity index (χ0) is 21.9. The van der Waals surface area contributed by atoms with E-state index in [1.165, 1.54) is 12.1 Å². The van der Waals surface area contributed by atoms with Gasteiger partial charge in [0.05, 0.1) is 0 Å². The van der Waals surface area contributed by atoms with Crippen LogP contribution in [0.15, 0.2) is 36.5 Å². The third-order valence-corrected chi connectivity index (χ3v) is 4.79. The Hall–Kier alpha value is -3.04. The van der Waals surface area contributed by atoms with Crippen LogP contribution in [0.5, 0.6) is 0 Å². The molecule has 1 aromatic heterocycles. The molecular formula is C20H18F5N3O2. The third-order valence-electron chi connectivity index (χ3n) is 4.79. The Balaban J connectivity index is 1.49. The third kappa shape index (κ3) is 5.31. The number of hydrogen-bond acceptors (Lipinski definition) is 4. The lowest BCUT2D eigenvalue weighted by molar-refractivity contribution is -0.141. The molecule has 5 nitrogen and oxygen atoms in total. The molecule has 0 bridgehead atoms. The highest BCUT2D eigenvalue weighted by molar-refractivity contribution is 5.97. The molecule has 160 valence electrons. The van der Waals surface area contributed by atoms with Crippen molar-refractivity contribution >= 4 is 17.4 Å². The van der Waals surface area contributed by atoms with Gasteiger partial charge >= 0.3 is 6.18 Å². The van der Waals surface area contributed by atoms with Gasteiger partial charge in [0, 0.05) is 62.5 Å². The standard InChI is InChI=1S/C20H18F5N3O2/c21-14-9-15(22)11-16(10-14)27-5-7-28(8-6-27)19(30)4-2-17(29)13-1-3-18(26-12-13)20(23,24)25/h1,3,9-12H,2,4-8H2. The number of alkyl halides is 3. The van der Waals surface area contributed by atoms with Crippen LogP contribution in [0, 0.1) is 11.6 Å². The Morgan fingerprint density at radius 3 is 2.10 bits per heavy atom. The van der Waals surface area contributed by atoms with E-state index in [2.05, 4.69) is 4.98 Å². The fourth-order valence-corrected chi connectivity index (χ4v) is 3.19. The number of anilines is 1. The highest BCUT2D eigenvalue weighted by Crippen LogP contribution is 2.27. The molecule has 1 saturated heterocycles. The maximum absolute atomic E-state index is 13.4. The van der Waals surface area contributed by atoms with E-state index in [4.69, 9.17) is 0 Å². The largest absolute Gasteiger partial charge is 0.433 e. The van der Waals surface area contributed by atoms with E-state index in [1.54, 1.807) is 9.80 Å². The molecule has 0 N–H and O–H groups in total. The number of ketones is 1. The Bertz CT molecular complexity index is 903. The number of carbonyl (C=O) groups is 2. The van der Waals surface area contributed by atoms with Crippen LogP contribution in [0.3, 0.4) is 0 Å². The number of piperazine rings is 1. The van der Waals surface area contributed by atoms with Crippen molar-refractivity contribution in [2.75, 3.05) is 31.1 Å². The van der Waals surface area contributed by atoms with Gasteiger partial charge in [-0.25, -0.2) is 8.78 Å². The van der Waals surface area contributed by atoms with Crippen molar-refractivity contribution in [3.63, 3.8) is 0 Å². The fourth-order valence-electron chi connectivity index (χ4n) is 3.19. The molecule has 10 heteroatoms. The summed E-state index contributed by atoms with van der Waals surface area (Å²) in [7, 11) is 0. The number of hydrogen-bond donors (Lipinski definition) is 0. The summed E-state index contributed by atoms with van der Waals surface area (Å²) in [5.41, 5.74) is -0.690. The molecule has 0 aliphatic carbocycles. The number of nitrogens with zero attached hydrogens (tertiary/aromatic N) is 3. The molecule has 0 unspecified atom stereocenters. The minimum absolute atomic E-state index is 0.00810. The average molecular weight is 427 g/mol. The predicted octanol–water partition coefficient (Wildman–Crippen LogP) is 3.69. The van der Waals surface area contributed by atoms with Gasteiger partial charge in [0.2, 0.25) is 5.91 Å². The molecule has 1 amide bonds. The molecule has 1 aliphatic rings. The van der Waals surface area contributed by atoms with Crippen LogP contribution >= 0.6 is 0 Å². The number of halogens is 5. The Morgan fingerprint density at radius 1 is 0.933 bits per heavy atom. The van der Waals surface area contributed by atoms with Crippen LogP contribution < -0.4 is 4.90 Å². The Morgan fingerprint density at radius 2 is 1.57 bits per heavy atom. The maximum atomic E-state index is 13.4. The van der Waals surface area contributed by atoms with E-state index in [-0.39, 0.29) is 24.3 Å². The molecule has 30 heavy (non-hydrogen) atoms. The van der Waals surface area contributed by atoms with Gasteiger partial charge in [-0.1, -0.05) is 0 Å². The summed E-state index contributed by atoms with van der Waals surface area (Å²) in [6, 6.07) is 4.99. The average Bonchev–Trinajstić information content (AvgIpc) is 2.70. The van der Waals surface area contributed by atoms with Crippen molar-refractivity contribution in [3.05, 3.63) is 59.4 Å². The summed E-state index contributed by atoms with van der Waals surface area (Å²) in [4.78, 5) is 31.0. The molecule has 1 aromatic carbocycles. The highest BCUT2D eigenvalue weighted by Gasteiger charge is 2.32. The zero-order valence-electron chi connectivity index (χ0n) is 15.8. The molecule has 1 fully saturated rings. The molecule has 2 aromatic rings. The molecular weight excluding hydrogens is 409 g/mol. The van der Waals surface area contributed by atoms with Crippen molar-refractivity contribution in [1.29, 1.82) is 0 Å². The van der Waals surface area contributed by atoms with E-state index in [0.717, 1.165) is 24.4 Å². The SMILES string of the molecule is O=C(CCC(=O)N1CCN(c2cc(F)cc(F)c2)CC1)c1ccc(C(F)(F)F)nc1. The van der Waals surface area contributed by atoms with E-state index in [9.17, 15) is 31.5 Å². The summed E-state index contributed by atoms with van der Waals surface area (Å²) in [6.07, 6.45) is -3.97. The normalized spacial score (nSPS) is 14.7. The first-order valence-electron chi connectivity index (χ1n) is 9.19. The lowest BCUT2D eigenvalue weighted by atomic mass is 10.1.